The van der Waals surface area contributed by atoms with E-state index in [0.717, 1.165) is 17.4 Å². The maximum Gasteiger partial charge on any atom is 0.443 e. The summed E-state index contributed by atoms with van der Waals surface area (Å²) in [6, 6.07) is 3.02. The topological polar surface area (TPSA) is 26.3 Å². The van der Waals surface area contributed by atoms with Crippen molar-refractivity contribution in [2.75, 3.05) is 6.61 Å². The van der Waals surface area contributed by atoms with Crippen molar-refractivity contribution < 1.29 is 22.7 Å². The van der Waals surface area contributed by atoms with Crippen molar-refractivity contribution in [2.24, 2.45) is 0 Å². The van der Waals surface area contributed by atoms with Gasteiger partial charge in [0, 0.05) is 4.88 Å². The standard InChI is InChI=1S/C12H11F3O2S2/c1-3-7-11(10(16)17-4-2,19-12(13,14)15)9-6-5-8-18-9/h5-8H,1,4H2,2H3. The van der Waals surface area contributed by atoms with E-state index in [9.17, 15) is 18.0 Å². The van der Waals surface area contributed by atoms with Crippen LogP contribution in [0.25, 0.3) is 0 Å². The predicted octanol–water partition coefficient (Wildman–Crippen LogP) is 4.10. The van der Waals surface area contributed by atoms with Crippen molar-refractivity contribution in [2.45, 2.75) is 17.2 Å². The van der Waals surface area contributed by atoms with E-state index in [1.807, 2.05) is 0 Å². The van der Waals surface area contributed by atoms with Crippen molar-refractivity contribution in [3.05, 3.63) is 40.8 Å². The molecule has 2 nitrogen and oxygen atoms in total. The van der Waals surface area contributed by atoms with Crippen LogP contribution in [-0.2, 0) is 14.3 Å². The smallest absolute Gasteiger partial charge is 0.443 e. The minimum atomic E-state index is -4.59. The number of carbonyl (C=O) groups excluding carboxylic acids is 1. The number of alkyl halides is 3. The van der Waals surface area contributed by atoms with Crippen molar-refractivity contribution >= 4 is 29.1 Å². The van der Waals surface area contributed by atoms with Crippen LogP contribution in [-0.4, -0.2) is 18.1 Å². The lowest BCUT2D eigenvalue weighted by Crippen LogP contribution is -2.34. The lowest BCUT2D eigenvalue weighted by Gasteiger charge is -2.26. The summed E-state index contributed by atoms with van der Waals surface area (Å²) in [5.74, 6) is -0.976. The zero-order valence-corrected chi connectivity index (χ0v) is 11.6. The molecule has 0 spiro atoms. The van der Waals surface area contributed by atoms with Gasteiger partial charge in [-0.3, -0.25) is 0 Å². The first-order chi connectivity index (χ1) is 8.85. The molecule has 1 aromatic heterocycles. The van der Waals surface area contributed by atoms with Gasteiger partial charge in [-0.2, -0.15) is 13.2 Å². The van der Waals surface area contributed by atoms with Crippen LogP contribution in [0.3, 0.4) is 0 Å². The largest absolute Gasteiger partial charge is 0.464 e. The number of thiophene rings is 1. The van der Waals surface area contributed by atoms with E-state index in [1.165, 1.54) is 13.0 Å². The highest BCUT2D eigenvalue weighted by Gasteiger charge is 2.50. The zero-order valence-electron chi connectivity index (χ0n) is 9.99. The summed E-state index contributed by atoms with van der Waals surface area (Å²) >= 11 is 0.602. The van der Waals surface area contributed by atoms with Gasteiger partial charge in [0.25, 0.3) is 0 Å². The second kappa shape index (κ2) is 6.32. The van der Waals surface area contributed by atoms with Gasteiger partial charge in [-0.05, 0) is 36.2 Å². The predicted molar refractivity (Wildman–Crippen MR) is 70.0 cm³/mol. The van der Waals surface area contributed by atoms with Crippen molar-refractivity contribution in [1.29, 1.82) is 0 Å². The molecule has 7 heteroatoms. The molecule has 1 unspecified atom stereocenters. The maximum absolute atomic E-state index is 12.8. The minimum Gasteiger partial charge on any atom is -0.464 e. The van der Waals surface area contributed by atoms with Crippen LogP contribution >= 0.6 is 23.1 Å². The lowest BCUT2D eigenvalue weighted by atomic mass is 10.1. The zero-order chi connectivity index (χ0) is 14.5. The van der Waals surface area contributed by atoms with Crippen LogP contribution in [0, 0.1) is 0 Å². The van der Waals surface area contributed by atoms with Crippen LogP contribution in [0.15, 0.2) is 35.9 Å². The third-order valence-corrected chi connectivity index (χ3v) is 4.24. The molecule has 104 valence electrons. The molecule has 0 saturated carbocycles. The van der Waals surface area contributed by atoms with Gasteiger partial charge < -0.3 is 4.74 Å². The van der Waals surface area contributed by atoms with E-state index in [2.05, 4.69) is 12.3 Å². The normalized spacial score (nSPS) is 14.3. The Morgan fingerprint density at radius 1 is 1.63 bits per heavy atom. The molecule has 1 atom stereocenters. The summed E-state index contributed by atoms with van der Waals surface area (Å²) in [4.78, 5) is 12.2. The highest BCUT2D eigenvalue weighted by molar-refractivity contribution is 8.02. The average molecular weight is 308 g/mol. The summed E-state index contributed by atoms with van der Waals surface area (Å²) in [7, 11) is 0. The number of ether oxygens (including phenoxy) is 1. The van der Waals surface area contributed by atoms with Crippen molar-refractivity contribution in [1.82, 2.24) is 0 Å². The molecule has 1 aromatic rings. The number of hydrogen-bond acceptors (Lipinski definition) is 4. The number of rotatable bonds is 5. The third-order valence-electron chi connectivity index (χ3n) is 2.05. The Morgan fingerprint density at radius 3 is 2.74 bits per heavy atom. The van der Waals surface area contributed by atoms with Crippen LogP contribution in [0.2, 0.25) is 0 Å². The molecule has 0 bridgehead atoms. The second-order valence-corrected chi connectivity index (χ2v) is 5.59. The summed E-state index contributed by atoms with van der Waals surface area (Å²) in [6.07, 6.45) is 0.995. The summed E-state index contributed by atoms with van der Waals surface area (Å²) in [5.41, 5.74) is -2.32. The van der Waals surface area contributed by atoms with Gasteiger partial charge in [0.1, 0.15) is 0 Å². The van der Waals surface area contributed by atoms with E-state index in [0.29, 0.717) is 0 Å². The molecule has 0 aliphatic carbocycles. The van der Waals surface area contributed by atoms with Crippen molar-refractivity contribution in [3.63, 3.8) is 0 Å². The Bertz CT molecular complexity index is 476. The van der Waals surface area contributed by atoms with Crippen LogP contribution in [0.1, 0.15) is 11.8 Å². The first-order valence-electron chi connectivity index (χ1n) is 5.21. The Morgan fingerprint density at radius 2 is 2.32 bits per heavy atom. The maximum atomic E-state index is 12.8. The molecule has 19 heavy (non-hydrogen) atoms. The Labute approximate surface area is 117 Å². The van der Waals surface area contributed by atoms with Gasteiger partial charge in [-0.1, -0.05) is 12.6 Å². The fourth-order valence-electron chi connectivity index (χ4n) is 1.41. The fraction of sp³-hybridized carbons (Fsp3) is 0.333. The molecule has 0 aliphatic rings. The highest BCUT2D eigenvalue weighted by Crippen LogP contribution is 2.49. The van der Waals surface area contributed by atoms with Gasteiger partial charge in [0.05, 0.1) is 6.61 Å². The van der Waals surface area contributed by atoms with Crippen LogP contribution in [0.4, 0.5) is 13.2 Å². The van der Waals surface area contributed by atoms with E-state index in [1.54, 1.807) is 11.4 Å². The molecule has 0 aliphatic heterocycles. The van der Waals surface area contributed by atoms with E-state index >= 15 is 0 Å². The van der Waals surface area contributed by atoms with Gasteiger partial charge in [0.15, 0.2) is 4.75 Å². The third kappa shape index (κ3) is 3.89. The first kappa shape index (κ1) is 15.9. The fourth-order valence-corrected chi connectivity index (χ4v) is 3.27. The quantitative estimate of drug-likeness (QED) is 0.605. The number of esters is 1. The summed E-state index contributed by atoms with van der Waals surface area (Å²) in [6.45, 7) is 4.79. The highest BCUT2D eigenvalue weighted by atomic mass is 32.2. The first-order valence-corrected chi connectivity index (χ1v) is 6.90. The summed E-state index contributed by atoms with van der Waals surface area (Å²) in [5, 5.41) is 1.59. The minimum absolute atomic E-state index is 0.00460. The molecule has 0 aromatic carbocycles. The number of halogens is 3. The molecule has 0 N–H and O–H groups in total. The van der Waals surface area contributed by atoms with Crippen LogP contribution in [0.5, 0.6) is 0 Å². The van der Waals surface area contributed by atoms with Gasteiger partial charge in [-0.15, -0.1) is 17.1 Å². The molecule has 0 fully saturated rings. The van der Waals surface area contributed by atoms with E-state index in [-0.39, 0.29) is 11.5 Å². The average Bonchev–Trinajstić information content (AvgIpc) is 2.80. The molecule has 0 saturated heterocycles. The molecular weight excluding hydrogens is 297 g/mol. The molecule has 1 rings (SSSR count). The van der Waals surface area contributed by atoms with E-state index in [4.69, 9.17) is 4.74 Å². The van der Waals surface area contributed by atoms with E-state index < -0.39 is 28.0 Å². The Kier molecular flexibility index (Phi) is 5.29. The molecular formula is C12H11F3O2S2. The number of hydrogen-bond donors (Lipinski definition) is 0. The monoisotopic (exact) mass is 308 g/mol. The van der Waals surface area contributed by atoms with Crippen LogP contribution < -0.4 is 0 Å². The molecule has 1 heterocycles. The van der Waals surface area contributed by atoms with Gasteiger partial charge >= 0.3 is 11.5 Å². The molecule has 0 radical (unpaired) electrons. The number of carbonyl (C=O) groups is 1. The van der Waals surface area contributed by atoms with Crippen molar-refractivity contribution in [3.8, 4) is 0 Å². The Hall–Kier alpha value is -1.17. The molecule has 0 amide bonds. The lowest BCUT2D eigenvalue weighted by molar-refractivity contribution is -0.145. The summed E-state index contributed by atoms with van der Waals surface area (Å²) < 4.78 is 41.1. The number of thioether (sulfide) groups is 1. The van der Waals surface area contributed by atoms with Gasteiger partial charge in [-0.25, -0.2) is 4.79 Å². The van der Waals surface area contributed by atoms with Gasteiger partial charge in [0.2, 0.25) is 0 Å². The Balaban J connectivity index is 3.34. The SMILES string of the molecule is C=C=CC(SC(F)(F)F)(C(=O)OCC)c1cccs1. The second-order valence-electron chi connectivity index (χ2n) is 3.33.